The molecule has 4 aromatic rings. The van der Waals surface area contributed by atoms with Crippen LogP contribution in [0.15, 0.2) is 48.7 Å². The fraction of sp³-hybridized carbons (Fsp3) is 0.185. The van der Waals surface area contributed by atoms with E-state index in [-0.39, 0.29) is 54.5 Å². The van der Waals surface area contributed by atoms with Gasteiger partial charge in [0.15, 0.2) is 23.0 Å². The number of ether oxygens (including phenoxy) is 1. The predicted octanol–water partition coefficient (Wildman–Crippen LogP) is 2.57. The third kappa shape index (κ3) is 5.35. The molecule has 5 rings (SSSR count). The van der Waals surface area contributed by atoms with E-state index in [0.29, 0.717) is 16.9 Å². The lowest BCUT2D eigenvalue weighted by Gasteiger charge is -2.17. The number of aromatic nitrogens is 3. The Morgan fingerprint density at radius 2 is 1.69 bits per heavy atom. The van der Waals surface area contributed by atoms with Gasteiger partial charge in [-0.1, -0.05) is 12.1 Å². The molecule has 0 aliphatic carbocycles. The Balaban J connectivity index is 1.34. The summed E-state index contributed by atoms with van der Waals surface area (Å²) in [5, 5.41) is 9.12. The molecule has 0 unspecified atom stereocenters. The molecule has 39 heavy (non-hydrogen) atoms. The minimum absolute atomic E-state index is 0.0294. The third-order valence-electron chi connectivity index (χ3n) is 6.11. The summed E-state index contributed by atoms with van der Waals surface area (Å²) in [6, 6.07) is 10.3. The predicted molar refractivity (Wildman–Crippen MR) is 132 cm³/mol. The van der Waals surface area contributed by atoms with E-state index in [2.05, 4.69) is 20.7 Å². The highest BCUT2D eigenvalue weighted by Gasteiger charge is 2.21. The van der Waals surface area contributed by atoms with Crippen LogP contribution in [0.25, 0.3) is 5.65 Å². The number of halogens is 2. The highest BCUT2D eigenvalue weighted by atomic mass is 19.1. The normalized spacial score (nSPS) is 12.5. The molecule has 0 radical (unpaired) electrons. The fourth-order valence-corrected chi connectivity index (χ4v) is 4.16. The number of ketones is 2. The third-order valence-corrected chi connectivity index (χ3v) is 6.11. The Bertz CT molecular complexity index is 1670. The summed E-state index contributed by atoms with van der Waals surface area (Å²) < 4.78 is 34.5. The monoisotopic (exact) mass is 533 g/mol. The number of carbonyl (C=O) groups is 4. The fourth-order valence-electron chi connectivity index (χ4n) is 4.16. The minimum Gasteiger partial charge on any atom is -0.486 e. The first-order chi connectivity index (χ1) is 18.7. The van der Waals surface area contributed by atoms with E-state index in [9.17, 15) is 28.0 Å². The topological polar surface area (TPSA) is 132 Å². The molecule has 2 aromatic heterocycles. The Morgan fingerprint density at radius 3 is 2.46 bits per heavy atom. The van der Waals surface area contributed by atoms with Crippen molar-refractivity contribution >= 4 is 29.0 Å². The van der Waals surface area contributed by atoms with Gasteiger partial charge in [0.2, 0.25) is 0 Å². The minimum atomic E-state index is -0.831. The largest absolute Gasteiger partial charge is 0.486 e. The van der Waals surface area contributed by atoms with Gasteiger partial charge in [0, 0.05) is 31.1 Å². The summed E-state index contributed by atoms with van der Waals surface area (Å²) >= 11 is 0. The second kappa shape index (κ2) is 10.4. The van der Waals surface area contributed by atoms with Crippen LogP contribution >= 0.6 is 0 Å². The summed E-state index contributed by atoms with van der Waals surface area (Å²) in [6.07, 6.45) is 1.11. The molecule has 2 N–H and O–H groups in total. The van der Waals surface area contributed by atoms with Crippen LogP contribution in [0.3, 0.4) is 0 Å². The van der Waals surface area contributed by atoms with Gasteiger partial charge < -0.3 is 15.4 Å². The van der Waals surface area contributed by atoms with Crippen molar-refractivity contribution in [1.82, 2.24) is 25.2 Å². The Kier molecular flexibility index (Phi) is 6.84. The molecule has 2 amide bonds. The van der Waals surface area contributed by atoms with Gasteiger partial charge in [-0.3, -0.25) is 19.2 Å². The van der Waals surface area contributed by atoms with Gasteiger partial charge in [-0.05, 0) is 42.3 Å². The second-order valence-electron chi connectivity index (χ2n) is 8.94. The molecule has 0 fully saturated rings. The second-order valence-corrected chi connectivity index (χ2v) is 8.94. The molecule has 0 saturated carbocycles. The van der Waals surface area contributed by atoms with Crippen molar-refractivity contribution in [2.75, 3.05) is 6.61 Å². The molecular formula is C27H21F2N5O5. The van der Waals surface area contributed by atoms with Crippen molar-refractivity contribution < 1.29 is 32.7 Å². The molecule has 0 saturated heterocycles. The number of Topliss-reactive ketones (excluding diaryl/α,β-unsaturated/α-hetero) is 2. The number of hydrogen-bond donors (Lipinski definition) is 2. The van der Waals surface area contributed by atoms with Crippen molar-refractivity contribution in [2.24, 2.45) is 0 Å². The Hall–Kier alpha value is -5.00. The highest BCUT2D eigenvalue weighted by Crippen LogP contribution is 2.24. The smallest absolute Gasteiger partial charge is 0.270 e. The zero-order chi connectivity index (χ0) is 27.7. The van der Waals surface area contributed by atoms with E-state index in [1.54, 1.807) is 18.2 Å². The van der Waals surface area contributed by atoms with E-state index >= 15 is 0 Å². The van der Waals surface area contributed by atoms with Gasteiger partial charge in [0.25, 0.3) is 11.8 Å². The van der Waals surface area contributed by atoms with Gasteiger partial charge in [-0.25, -0.2) is 18.3 Å². The molecule has 1 aliphatic heterocycles. The van der Waals surface area contributed by atoms with Crippen molar-refractivity contribution in [3.63, 3.8) is 0 Å². The number of fused-ring (bicyclic) bond motifs is 2. The molecule has 12 heteroatoms. The van der Waals surface area contributed by atoms with Crippen LogP contribution in [0.1, 0.15) is 54.9 Å². The summed E-state index contributed by atoms with van der Waals surface area (Å²) in [4.78, 5) is 53.2. The average molecular weight is 533 g/mol. The van der Waals surface area contributed by atoms with Crippen molar-refractivity contribution in [2.45, 2.75) is 26.4 Å². The van der Waals surface area contributed by atoms with Gasteiger partial charge in [-0.2, -0.15) is 5.10 Å². The number of rotatable bonds is 7. The van der Waals surface area contributed by atoms with Gasteiger partial charge in [-0.15, -0.1) is 0 Å². The van der Waals surface area contributed by atoms with Crippen LogP contribution in [0, 0.1) is 11.6 Å². The molecule has 198 valence electrons. The molecular weight excluding hydrogens is 512 g/mol. The van der Waals surface area contributed by atoms with Gasteiger partial charge in [0.05, 0.1) is 11.8 Å². The van der Waals surface area contributed by atoms with Crippen molar-refractivity contribution in [3.05, 3.63) is 93.9 Å². The van der Waals surface area contributed by atoms with Crippen molar-refractivity contribution in [3.8, 4) is 5.75 Å². The number of nitrogens with one attached hydrogen (secondary N) is 2. The summed E-state index contributed by atoms with van der Waals surface area (Å²) in [5.74, 6) is -2.77. The van der Waals surface area contributed by atoms with Crippen LogP contribution < -0.4 is 15.4 Å². The van der Waals surface area contributed by atoms with Gasteiger partial charge in [0.1, 0.15) is 29.6 Å². The van der Waals surface area contributed by atoms with Crippen LogP contribution in [-0.4, -0.2) is 44.6 Å². The van der Waals surface area contributed by atoms with Gasteiger partial charge >= 0.3 is 0 Å². The number of nitrogens with zero attached hydrogens (tertiary/aromatic N) is 3. The molecule has 0 spiro atoms. The zero-order valence-corrected chi connectivity index (χ0v) is 20.6. The average Bonchev–Trinajstić information content (AvgIpc) is 3.30. The lowest BCUT2D eigenvalue weighted by atomic mass is 10.0. The maximum atomic E-state index is 14.4. The lowest BCUT2D eigenvalue weighted by molar-refractivity contribution is -0.121. The first-order valence-corrected chi connectivity index (χ1v) is 11.9. The maximum absolute atomic E-state index is 14.4. The molecule has 0 atom stereocenters. The molecule has 2 aromatic carbocycles. The van der Waals surface area contributed by atoms with E-state index in [0.717, 1.165) is 22.3 Å². The van der Waals surface area contributed by atoms with Crippen LogP contribution in [0.5, 0.6) is 5.75 Å². The molecule has 3 heterocycles. The number of hydrogen-bond acceptors (Lipinski definition) is 7. The van der Waals surface area contributed by atoms with E-state index in [4.69, 9.17) is 4.74 Å². The van der Waals surface area contributed by atoms with Crippen LogP contribution in [0.4, 0.5) is 8.78 Å². The Morgan fingerprint density at radius 1 is 0.974 bits per heavy atom. The highest BCUT2D eigenvalue weighted by molar-refractivity contribution is 5.98. The van der Waals surface area contributed by atoms with E-state index in [1.807, 2.05) is 0 Å². The summed E-state index contributed by atoms with van der Waals surface area (Å²) in [5.41, 5.74) is 1.07. The molecule has 10 nitrogen and oxygen atoms in total. The Labute approximate surface area is 220 Å². The van der Waals surface area contributed by atoms with E-state index < -0.39 is 29.2 Å². The quantitative estimate of drug-likeness (QED) is 0.349. The standard InChI is InChI=1S/C27H21F2N5O5/c1-14(35)19-7-16(2-4-20(19)28)11-31-27(38)23-9-22(33-25-21(29)12-32-34(23)25)26(37)30-10-15-3-5-24-17(6-15)8-18(36)13-39-24/h2-7,9,12H,8,10-11,13H2,1H3,(H,30,37)(H,31,38). The zero-order valence-electron chi connectivity index (χ0n) is 20.6. The van der Waals surface area contributed by atoms with E-state index in [1.165, 1.54) is 25.1 Å². The maximum Gasteiger partial charge on any atom is 0.270 e. The lowest BCUT2D eigenvalue weighted by Crippen LogP contribution is -2.28. The molecule has 0 bridgehead atoms. The first kappa shape index (κ1) is 25.6. The summed E-state index contributed by atoms with van der Waals surface area (Å²) in [7, 11) is 0. The SMILES string of the molecule is CC(=O)c1cc(CNC(=O)c2cc(C(=O)NCc3ccc4c(c3)CC(=O)CO4)nc3c(F)cnn23)ccc1F. The number of benzene rings is 2. The first-order valence-electron chi connectivity index (χ1n) is 11.9. The van der Waals surface area contributed by atoms with Crippen LogP contribution in [0.2, 0.25) is 0 Å². The molecule has 1 aliphatic rings. The van der Waals surface area contributed by atoms with Crippen LogP contribution in [-0.2, 0) is 24.3 Å². The number of amides is 2. The summed E-state index contributed by atoms with van der Waals surface area (Å²) in [6.45, 7) is 1.27. The van der Waals surface area contributed by atoms with Crippen molar-refractivity contribution in [1.29, 1.82) is 0 Å². The number of carbonyl (C=O) groups excluding carboxylic acids is 4.